The van der Waals surface area contributed by atoms with Crippen LogP contribution in [0.2, 0.25) is 0 Å². The van der Waals surface area contributed by atoms with Crippen LogP contribution in [0.3, 0.4) is 0 Å². The van der Waals surface area contributed by atoms with Gasteiger partial charge in [0.05, 0.1) is 28.9 Å². The van der Waals surface area contributed by atoms with Crippen LogP contribution < -0.4 is 11.2 Å². The SMILES string of the molecule is CN1Cc2nc3c(c(-c4ccccc4)c2C1=O)c(=O)[nH]c(=O)n3-c1ccccc1. The molecule has 2 aromatic heterocycles. The van der Waals surface area contributed by atoms with E-state index < -0.39 is 11.2 Å². The van der Waals surface area contributed by atoms with Crippen LogP contribution in [0, 0.1) is 0 Å². The Labute approximate surface area is 164 Å². The van der Waals surface area contributed by atoms with Crippen molar-refractivity contribution in [3.63, 3.8) is 0 Å². The zero-order valence-corrected chi connectivity index (χ0v) is 15.5. The van der Waals surface area contributed by atoms with Crippen molar-refractivity contribution in [1.82, 2.24) is 19.4 Å². The van der Waals surface area contributed by atoms with E-state index in [0.717, 1.165) is 5.56 Å². The predicted molar refractivity (Wildman–Crippen MR) is 109 cm³/mol. The lowest BCUT2D eigenvalue weighted by Gasteiger charge is -2.14. The number of fused-ring (bicyclic) bond motifs is 2. The molecule has 0 atom stereocenters. The van der Waals surface area contributed by atoms with E-state index in [1.165, 1.54) is 4.57 Å². The first-order valence-electron chi connectivity index (χ1n) is 9.14. The molecule has 1 aliphatic heterocycles. The lowest BCUT2D eigenvalue weighted by atomic mass is 9.96. The largest absolute Gasteiger partial charge is 0.336 e. The topological polar surface area (TPSA) is 88.1 Å². The molecule has 1 N–H and O–H groups in total. The fraction of sp³-hybridized carbons (Fsp3) is 0.0909. The highest BCUT2D eigenvalue weighted by Crippen LogP contribution is 2.35. The molecule has 7 heteroatoms. The van der Waals surface area contributed by atoms with E-state index in [2.05, 4.69) is 9.97 Å². The van der Waals surface area contributed by atoms with Crippen LogP contribution in [0.4, 0.5) is 0 Å². The number of hydrogen-bond donors (Lipinski definition) is 1. The van der Waals surface area contributed by atoms with Crippen molar-refractivity contribution in [1.29, 1.82) is 0 Å². The molecule has 0 saturated carbocycles. The molecule has 0 aliphatic carbocycles. The Balaban J connectivity index is 2.02. The third-order valence-electron chi connectivity index (χ3n) is 5.14. The van der Waals surface area contributed by atoms with Gasteiger partial charge >= 0.3 is 5.69 Å². The lowest BCUT2D eigenvalue weighted by molar-refractivity contribution is 0.0817. The van der Waals surface area contributed by atoms with Gasteiger partial charge in [0.15, 0.2) is 5.65 Å². The summed E-state index contributed by atoms with van der Waals surface area (Å²) in [5.41, 5.74) is 1.89. The van der Waals surface area contributed by atoms with Crippen molar-refractivity contribution in [2.45, 2.75) is 6.54 Å². The Kier molecular flexibility index (Phi) is 3.70. The normalized spacial score (nSPS) is 13.1. The molecule has 29 heavy (non-hydrogen) atoms. The van der Waals surface area contributed by atoms with Gasteiger partial charge in [-0.1, -0.05) is 48.5 Å². The molecule has 2 aromatic carbocycles. The fourth-order valence-corrected chi connectivity index (χ4v) is 3.85. The van der Waals surface area contributed by atoms with Gasteiger partial charge in [0, 0.05) is 12.6 Å². The van der Waals surface area contributed by atoms with Crippen LogP contribution in [0.25, 0.3) is 27.8 Å². The quantitative estimate of drug-likeness (QED) is 0.575. The van der Waals surface area contributed by atoms with Crippen molar-refractivity contribution in [3.05, 3.63) is 92.8 Å². The van der Waals surface area contributed by atoms with Gasteiger partial charge in [0.1, 0.15) is 0 Å². The highest BCUT2D eigenvalue weighted by Gasteiger charge is 2.32. The van der Waals surface area contributed by atoms with Crippen LogP contribution >= 0.6 is 0 Å². The minimum Gasteiger partial charge on any atom is -0.336 e. The van der Waals surface area contributed by atoms with Crippen molar-refractivity contribution < 1.29 is 4.79 Å². The molecule has 0 spiro atoms. The summed E-state index contributed by atoms with van der Waals surface area (Å²) >= 11 is 0. The highest BCUT2D eigenvalue weighted by molar-refractivity contribution is 6.10. The first-order valence-corrected chi connectivity index (χ1v) is 9.14. The maximum Gasteiger partial charge on any atom is 0.334 e. The number of aromatic amines is 1. The Morgan fingerprint density at radius 1 is 0.897 bits per heavy atom. The molecular weight excluding hydrogens is 368 g/mol. The summed E-state index contributed by atoms with van der Waals surface area (Å²) in [4.78, 5) is 47.1. The molecular formula is C22H16N4O3. The molecule has 0 radical (unpaired) electrons. The summed E-state index contributed by atoms with van der Waals surface area (Å²) in [5, 5.41) is 0.224. The standard InChI is InChI=1S/C22H16N4O3/c1-25-12-15-17(21(25)28)16(13-8-4-2-5-9-13)18-19(23-15)26(22(29)24-20(18)27)14-10-6-3-7-11-14/h2-11H,12H2,1H3,(H,24,27,29). The molecule has 1 aliphatic rings. The number of carbonyl (C=O) groups is 1. The molecule has 0 unspecified atom stereocenters. The van der Waals surface area contributed by atoms with E-state index in [1.54, 1.807) is 24.1 Å². The Hall–Kier alpha value is -4.00. The third-order valence-corrected chi connectivity index (χ3v) is 5.14. The zero-order valence-electron chi connectivity index (χ0n) is 15.5. The second-order valence-electron chi connectivity index (χ2n) is 6.96. The summed E-state index contributed by atoms with van der Waals surface area (Å²) < 4.78 is 1.38. The van der Waals surface area contributed by atoms with Crippen LogP contribution in [0.15, 0.2) is 70.3 Å². The van der Waals surface area contributed by atoms with Gasteiger partial charge in [-0.3, -0.25) is 14.6 Å². The van der Waals surface area contributed by atoms with E-state index in [4.69, 9.17) is 0 Å². The molecule has 5 rings (SSSR count). The number of pyridine rings is 1. The number of H-pyrrole nitrogens is 1. The van der Waals surface area contributed by atoms with Gasteiger partial charge in [0.25, 0.3) is 11.5 Å². The van der Waals surface area contributed by atoms with E-state index in [1.807, 2.05) is 48.5 Å². The van der Waals surface area contributed by atoms with Crippen LogP contribution in [0.1, 0.15) is 16.1 Å². The maximum atomic E-state index is 12.9. The fourth-order valence-electron chi connectivity index (χ4n) is 3.85. The Morgan fingerprint density at radius 3 is 2.24 bits per heavy atom. The maximum absolute atomic E-state index is 12.9. The number of carbonyl (C=O) groups excluding carboxylic acids is 1. The number of nitrogens with one attached hydrogen (secondary N) is 1. The molecule has 3 heterocycles. The van der Waals surface area contributed by atoms with E-state index >= 15 is 0 Å². The van der Waals surface area contributed by atoms with Gasteiger partial charge in [-0.05, 0) is 17.7 Å². The second kappa shape index (κ2) is 6.27. The van der Waals surface area contributed by atoms with Gasteiger partial charge in [-0.15, -0.1) is 0 Å². The highest BCUT2D eigenvalue weighted by atomic mass is 16.2. The smallest absolute Gasteiger partial charge is 0.334 e. The molecule has 1 amide bonds. The lowest BCUT2D eigenvalue weighted by Crippen LogP contribution is -2.30. The number of amides is 1. The van der Waals surface area contributed by atoms with Crippen LogP contribution in [-0.4, -0.2) is 32.4 Å². The Bertz CT molecular complexity index is 1390. The van der Waals surface area contributed by atoms with Crippen molar-refractivity contribution in [2.75, 3.05) is 7.05 Å². The molecule has 0 saturated heterocycles. The minimum atomic E-state index is -0.571. The van der Waals surface area contributed by atoms with Gasteiger partial charge in [-0.25, -0.2) is 14.3 Å². The summed E-state index contributed by atoms with van der Waals surface area (Å²) in [6.45, 7) is 0.319. The van der Waals surface area contributed by atoms with E-state index in [9.17, 15) is 14.4 Å². The van der Waals surface area contributed by atoms with Gasteiger partial charge in [-0.2, -0.15) is 0 Å². The second-order valence-corrected chi connectivity index (χ2v) is 6.96. The monoisotopic (exact) mass is 384 g/mol. The van der Waals surface area contributed by atoms with Gasteiger partial charge in [0.2, 0.25) is 0 Å². The average molecular weight is 384 g/mol. The number of rotatable bonds is 2. The molecule has 7 nitrogen and oxygen atoms in total. The van der Waals surface area contributed by atoms with Crippen LogP contribution in [0.5, 0.6) is 0 Å². The van der Waals surface area contributed by atoms with E-state index in [-0.39, 0.29) is 16.9 Å². The number of hydrogen-bond acceptors (Lipinski definition) is 4. The van der Waals surface area contributed by atoms with Gasteiger partial charge < -0.3 is 4.90 Å². The van der Waals surface area contributed by atoms with Crippen molar-refractivity contribution in [2.24, 2.45) is 0 Å². The zero-order chi connectivity index (χ0) is 20.1. The summed E-state index contributed by atoms with van der Waals surface area (Å²) in [6.07, 6.45) is 0. The van der Waals surface area contributed by atoms with Crippen molar-refractivity contribution >= 4 is 16.9 Å². The molecule has 0 bridgehead atoms. The summed E-state index contributed by atoms with van der Waals surface area (Å²) in [7, 11) is 1.69. The number of benzene rings is 2. The number of aromatic nitrogens is 3. The molecule has 0 fully saturated rings. The summed E-state index contributed by atoms with van der Waals surface area (Å²) in [5.74, 6) is -0.190. The van der Waals surface area contributed by atoms with E-state index in [0.29, 0.717) is 29.1 Å². The first-order chi connectivity index (χ1) is 14.1. The minimum absolute atomic E-state index is 0.190. The predicted octanol–water partition coefficient (Wildman–Crippen LogP) is 2.33. The number of para-hydroxylation sites is 1. The molecule has 142 valence electrons. The number of nitrogens with zero attached hydrogens (tertiary/aromatic N) is 3. The van der Waals surface area contributed by atoms with Crippen LogP contribution in [-0.2, 0) is 6.54 Å². The Morgan fingerprint density at radius 2 is 1.55 bits per heavy atom. The molecule has 4 aromatic rings. The third kappa shape index (κ3) is 2.51. The van der Waals surface area contributed by atoms with Crippen molar-refractivity contribution in [3.8, 4) is 16.8 Å². The average Bonchev–Trinajstić information content (AvgIpc) is 3.01. The summed E-state index contributed by atoms with van der Waals surface area (Å²) in [6, 6.07) is 18.2. The first kappa shape index (κ1) is 17.1.